The molecular weight excluding hydrogens is 328 g/mol. The maximum absolute atomic E-state index is 11.6. The first-order valence-electron chi connectivity index (χ1n) is 5.59. The monoisotopic (exact) mass is 334 g/mol. The second-order valence-electron chi connectivity index (χ2n) is 4.09. The van der Waals surface area contributed by atoms with Crippen molar-refractivity contribution in [3.05, 3.63) is 62.4 Å². The first kappa shape index (κ1) is 12.4. The van der Waals surface area contributed by atoms with E-state index in [0.717, 1.165) is 20.9 Å². The van der Waals surface area contributed by atoms with E-state index in [2.05, 4.69) is 25.9 Å². The van der Waals surface area contributed by atoms with Crippen LogP contribution in [-0.4, -0.2) is 9.97 Å². The molecule has 94 valence electrons. The molecule has 3 aromatic rings. The van der Waals surface area contributed by atoms with Gasteiger partial charge in [-0.25, -0.2) is 4.79 Å². The number of hydrogen-bond acceptors (Lipinski definition) is 2. The maximum atomic E-state index is 11.6. The van der Waals surface area contributed by atoms with Crippen LogP contribution in [0.25, 0.3) is 22.2 Å². The van der Waals surface area contributed by atoms with Gasteiger partial charge in [-0.15, -0.1) is 0 Å². The Morgan fingerprint density at radius 2 is 1.84 bits per heavy atom. The zero-order valence-corrected chi connectivity index (χ0v) is 12.0. The van der Waals surface area contributed by atoms with E-state index >= 15 is 0 Å². The van der Waals surface area contributed by atoms with Crippen LogP contribution in [0.1, 0.15) is 0 Å². The topological polar surface area (TPSA) is 45.8 Å². The second kappa shape index (κ2) is 4.79. The van der Waals surface area contributed by atoms with E-state index in [-0.39, 0.29) is 5.69 Å². The lowest BCUT2D eigenvalue weighted by Gasteiger charge is -2.06. The molecule has 3 nitrogen and oxygen atoms in total. The molecule has 0 unspecified atom stereocenters. The van der Waals surface area contributed by atoms with Crippen LogP contribution in [0.3, 0.4) is 0 Å². The van der Waals surface area contributed by atoms with Crippen LogP contribution in [0, 0.1) is 0 Å². The Labute approximate surface area is 122 Å². The Kier molecular flexibility index (Phi) is 3.12. The molecule has 0 aliphatic carbocycles. The fraction of sp³-hybridized carbons (Fsp3) is 0. The molecule has 19 heavy (non-hydrogen) atoms. The second-order valence-corrected chi connectivity index (χ2v) is 5.44. The molecule has 0 saturated carbocycles. The van der Waals surface area contributed by atoms with E-state index in [1.807, 2.05) is 30.3 Å². The molecule has 3 rings (SSSR count). The van der Waals surface area contributed by atoms with Crippen LogP contribution in [-0.2, 0) is 0 Å². The number of benzene rings is 2. The van der Waals surface area contributed by atoms with Crippen LogP contribution in [0.15, 0.2) is 51.7 Å². The average Bonchev–Trinajstić information content (AvgIpc) is 2.39. The highest BCUT2D eigenvalue weighted by molar-refractivity contribution is 9.10. The number of H-pyrrole nitrogens is 1. The molecule has 0 atom stereocenters. The Balaban J connectivity index is 2.35. The van der Waals surface area contributed by atoms with Crippen molar-refractivity contribution in [1.29, 1.82) is 0 Å². The molecular formula is C14H8BrClN2O. The number of nitrogens with one attached hydrogen (secondary N) is 1. The van der Waals surface area contributed by atoms with Crippen LogP contribution in [0.2, 0.25) is 5.02 Å². The number of rotatable bonds is 1. The Bertz CT molecular complexity index is 812. The predicted octanol–water partition coefficient (Wildman–Crippen LogP) is 4.01. The molecule has 0 fully saturated rings. The van der Waals surface area contributed by atoms with Gasteiger partial charge in [-0.05, 0) is 30.3 Å². The highest BCUT2D eigenvalue weighted by Crippen LogP contribution is 2.27. The number of aromatic nitrogens is 2. The molecule has 1 aromatic heterocycles. The maximum Gasteiger partial charge on any atom is 0.345 e. The lowest BCUT2D eigenvalue weighted by Crippen LogP contribution is -2.11. The third kappa shape index (κ3) is 2.41. The molecule has 0 radical (unpaired) electrons. The summed E-state index contributed by atoms with van der Waals surface area (Å²) in [5, 5.41) is 1.54. The molecule has 0 bridgehead atoms. The van der Waals surface area contributed by atoms with E-state index < -0.39 is 0 Å². The largest absolute Gasteiger partial charge is 0.345 e. The predicted molar refractivity (Wildman–Crippen MR) is 80.5 cm³/mol. The van der Waals surface area contributed by atoms with Crippen molar-refractivity contribution >= 4 is 38.4 Å². The van der Waals surface area contributed by atoms with Gasteiger partial charge in [0.15, 0.2) is 0 Å². The summed E-state index contributed by atoms with van der Waals surface area (Å²) < 4.78 is 0.934. The normalized spacial score (nSPS) is 10.8. The molecule has 5 heteroatoms. The molecule has 0 saturated heterocycles. The van der Waals surface area contributed by atoms with Gasteiger partial charge in [-0.2, -0.15) is 4.98 Å². The van der Waals surface area contributed by atoms with Gasteiger partial charge in [-0.1, -0.05) is 39.7 Å². The van der Waals surface area contributed by atoms with Crippen LogP contribution in [0.5, 0.6) is 0 Å². The molecule has 1 N–H and O–H groups in total. The van der Waals surface area contributed by atoms with Gasteiger partial charge in [0.1, 0.15) is 0 Å². The molecule has 2 aromatic carbocycles. The summed E-state index contributed by atoms with van der Waals surface area (Å²) in [5.41, 5.74) is 1.91. The number of hydrogen-bond donors (Lipinski definition) is 1. The molecule has 0 aliphatic rings. The molecule has 1 heterocycles. The van der Waals surface area contributed by atoms with Crippen molar-refractivity contribution in [2.24, 2.45) is 0 Å². The van der Waals surface area contributed by atoms with Gasteiger partial charge in [0.25, 0.3) is 0 Å². The van der Waals surface area contributed by atoms with Gasteiger partial charge in [-0.3, -0.25) is 0 Å². The molecule has 0 aliphatic heterocycles. The molecule has 0 amide bonds. The SMILES string of the molecule is O=c1nc(-c2ccc(Cl)cc2)c2cc(Br)ccc2[nH]1. The lowest BCUT2D eigenvalue weighted by atomic mass is 10.1. The highest BCUT2D eigenvalue weighted by Gasteiger charge is 2.08. The summed E-state index contributed by atoms with van der Waals surface area (Å²) >= 11 is 9.31. The minimum Gasteiger partial charge on any atom is -0.305 e. The zero-order chi connectivity index (χ0) is 13.4. The zero-order valence-electron chi connectivity index (χ0n) is 9.65. The lowest BCUT2D eigenvalue weighted by molar-refractivity contribution is 1.12. The smallest absolute Gasteiger partial charge is 0.305 e. The first-order valence-corrected chi connectivity index (χ1v) is 6.76. The van der Waals surface area contributed by atoms with E-state index in [4.69, 9.17) is 11.6 Å². The standard InChI is InChI=1S/C14H8BrClN2O/c15-9-3-6-12-11(7-9)13(18-14(19)17-12)8-1-4-10(16)5-2-8/h1-7H,(H,17,18,19). The highest BCUT2D eigenvalue weighted by atomic mass is 79.9. The average molecular weight is 336 g/mol. The summed E-state index contributed by atoms with van der Waals surface area (Å²) in [4.78, 5) is 18.4. The Hall–Kier alpha value is -1.65. The fourth-order valence-corrected chi connectivity index (χ4v) is 2.44. The third-order valence-corrected chi connectivity index (χ3v) is 3.55. The fourth-order valence-electron chi connectivity index (χ4n) is 1.95. The van der Waals surface area contributed by atoms with E-state index in [1.165, 1.54) is 0 Å². The Morgan fingerprint density at radius 1 is 1.11 bits per heavy atom. The number of nitrogens with zero attached hydrogens (tertiary/aromatic N) is 1. The van der Waals surface area contributed by atoms with Crippen LogP contribution < -0.4 is 5.69 Å². The van der Waals surface area contributed by atoms with Crippen molar-refractivity contribution in [1.82, 2.24) is 9.97 Å². The summed E-state index contributed by atoms with van der Waals surface area (Å²) in [6.07, 6.45) is 0. The van der Waals surface area contributed by atoms with Gasteiger partial charge < -0.3 is 4.98 Å². The minimum atomic E-state index is -0.361. The van der Waals surface area contributed by atoms with Gasteiger partial charge in [0.05, 0.1) is 11.2 Å². The number of halogens is 2. The minimum absolute atomic E-state index is 0.361. The number of aromatic amines is 1. The van der Waals surface area contributed by atoms with Gasteiger partial charge >= 0.3 is 5.69 Å². The Morgan fingerprint density at radius 3 is 2.58 bits per heavy atom. The van der Waals surface area contributed by atoms with Gasteiger partial charge in [0, 0.05) is 20.4 Å². The summed E-state index contributed by atoms with van der Waals surface area (Å²) in [7, 11) is 0. The van der Waals surface area contributed by atoms with Crippen molar-refractivity contribution < 1.29 is 0 Å². The summed E-state index contributed by atoms with van der Waals surface area (Å²) in [6.45, 7) is 0. The summed E-state index contributed by atoms with van der Waals surface area (Å²) in [6, 6.07) is 12.9. The molecule has 0 spiro atoms. The number of fused-ring (bicyclic) bond motifs is 1. The summed E-state index contributed by atoms with van der Waals surface area (Å²) in [5.74, 6) is 0. The van der Waals surface area contributed by atoms with Crippen molar-refractivity contribution in [3.63, 3.8) is 0 Å². The third-order valence-electron chi connectivity index (χ3n) is 2.81. The van der Waals surface area contributed by atoms with E-state index in [0.29, 0.717) is 10.7 Å². The van der Waals surface area contributed by atoms with Crippen molar-refractivity contribution in [2.45, 2.75) is 0 Å². The van der Waals surface area contributed by atoms with Crippen molar-refractivity contribution in [3.8, 4) is 11.3 Å². The van der Waals surface area contributed by atoms with E-state index in [1.54, 1.807) is 12.1 Å². The first-order chi connectivity index (χ1) is 9.13. The van der Waals surface area contributed by atoms with Crippen molar-refractivity contribution in [2.75, 3.05) is 0 Å². The van der Waals surface area contributed by atoms with Gasteiger partial charge in [0.2, 0.25) is 0 Å². The van der Waals surface area contributed by atoms with Crippen LogP contribution >= 0.6 is 27.5 Å². The van der Waals surface area contributed by atoms with E-state index in [9.17, 15) is 4.79 Å². The van der Waals surface area contributed by atoms with Crippen LogP contribution in [0.4, 0.5) is 0 Å². The quantitative estimate of drug-likeness (QED) is 0.730.